The van der Waals surface area contributed by atoms with E-state index in [4.69, 9.17) is 5.73 Å². The van der Waals surface area contributed by atoms with Crippen LogP contribution in [0.5, 0.6) is 0 Å². The first-order valence-electron chi connectivity index (χ1n) is 5.30. The molecule has 0 amide bonds. The maximum absolute atomic E-state index is 12.0. The van der Waals surface area contributed by atoms with E-state index in [1.165, 1.54) is 0 Å². The second kappa shape index (κ2) is 4.41. The first kappa shape index (κ1) is 10.1. The molecule has 2 N–H and O–H groups in total. The normalized spacial score (nSPS) is 25.1. The number of Topliss-reactive ketones (excluding diaryl/α,β-unsaturated/α-hetero) is 1. The summed E-state index contributed by atoms with van der Waals surface area (Å²) in [6, 6.07) is 9.57. The SMILES string of the molecule is NC1C=CC(C(=O)c2ccccc2)CC1. The number of benzene rings is 1. The minimum atomic E-state index is 0.0206. The van der Waals surface area contributed by atoms with Crippen molar-refractivity contribution in [2.75, 3.05) is 0 Å². The highest BCUT2D eigenvalue weighted by Gasteiger charge is 2.20. The van der Waals surface area contributed by atoms with Gasteiger partial charge in [-0.1, -0.05) is 42.5 Å². The van der Waals surface area contributed by atoms with Gasteiger partial charge in [0.1, 0.15) is 0 Å². The van der Waals surface area contributed by atoms with Gasteiger partial charge in [-0.25, -0.2) is 0 Å². The monoisotopic (exact) mass is 201 g/mol. The van der Waals surface area contributed by atoms with E-state index in [9.17, 15) is 4.79 Å². The summed E-state index contributed by atoms with van der Waals surface area (Å²) in [5, 5.41) is 0. The third kappa shape index (κ3) is 2.34. The van der Waals surface area contributed by atoms with Crippen molar-refractivity contribution in [2.45, 2.75) is 18.9 Å². The largest absolute Gasteiger partial charge is 0.324 e. The summed E-state index contributed by atoms with van der Waals surface area (Å²) < 4.78 is 0. The average Bonchev–Trinajstić information content (AvgIpc) is 2.30. The van der Waals surface area contributed by atoms with Crippen LogP contribution >= 0.6 is 0 Å². The fourth-order valence-electron chi connectivity index (χ4n) is 1.88. The molecule has 2 rings (SSSR count). The van der Waals surface area contributed by atoms with Crippen molar-refractivity contribution in [1.82, 2.24) is 0 Å². The maximum Gasteiger partial charge on any atom is 0.169 e. The molecule has 1 aliphatic carbocycles. The second-order valence-electron chi connectivity index (χ2n) is 3.96. The molecule has 0 saturated heterocycles. The highest BCUT2D eigenvalue weighted by Crippen LogP contribution is 2.20. The van der Waals surface area contributed by atoms with E-state index in [0.29, 0.717) is 0 Å². The van der Waals surface area contributed by atoms with Crippen LogP contribution in [0.1, 0.15) is 23.2 Å². The van der Waals surface area contributed by atoms with Gasteiger partial charge in [0.25, 0.3) is 0 Å². The van der Waals surface area contributed by atoms with E-state index in [-0.39, 0.29) is 17.7 Å². The lowest BCUT2D eigenvalue weighted by molar-refractivity contribution is 0.0936. The van der Waals surface area contributed by atoms with E-state index < -0.39 is 0 Å². The highest BCUT2D eigenvalue weighted by molar-refractivity contribution is 5.98. The molecule has 78 valence electrons. The molecule has 1 aromatic rings. The van der Waals surface area contributed by atoms with Crippen molar-refractivity contribution < 1.29 is 4.79 Å². The number of carbonyl (C=O) groups is 1. The van der Waals surface area contributed by atoms with Crippen molar-refractivity contribution >= 4 is 5.78 Å². The van der Waals surface area contributed by atoms with Gasteiger partial charge in [0.05, 0.1) is 0 Å². The standard InChI is InChI=1S/C13H15NO/c14-12-8-6-11(7-9-12)13(15)10-4-2-1-3-5-10/h1-6,8,11-12H,7,9,14H2. The lowest BCUT2D eigenvalue weighted by atomic mass is 9.87. The van der Waals surface area contributed by atoms with Crippen LogP contribution < -0.4 is 5.73 Å². The first-order chi connectivity index (χ1) is 7.27. The molecule has 1 aliphatic rings. The fraction of sp³-hybridized carbons (Fsp3) is 0.308. The van der Waals surface area contributed by atoms with Crippen molar-refractivity contribution in [3.8, 4) is 0 Å². The molecule has 0 aromatic heterocycles. The molecule has 2 nitrogen and oxygen atoms in total. The predicted molar refractivity (Wildman–Crippen MR) is 60.6 cm³/mol. The van der Waals surface area contributed by atoms with Crippen LogP contribution in [0.2, 0.25) is 0 Å². The topological polar surface area (TPSA) is 43.1 Å². The quantitative estimate of drug-likeness (QED) is 0.588. The Morgan fingerprint density at radius 1 is 1.13 bits per heavy atom. The molecule has 2 heteroatoms. The van der Waals surface area contributed by atoms with Crippen LogP contribution in [0.15, 0.2) is 42.5 Å². The van der Waals surface area contributed by atoms with Gasteiger partial charge < -0.3 is 5.73 Å². The molecule has 0 radical (unpaired) electrons. The van der Waals surface area contributed by atoms with E-state index in [0.717, 1.165) is 18.4 Å². The molecule has 0 heterocycles. The van der Waals surface area contributed by atoms with Gasteiger partial charge >= 0.3 is 0 Å². The maximum atomic E-state index is 12.0. The summed E-state index contributed by atoms with van der Waals surface area (Å²) in [6.07, 6.45) is 5.66. The Bertz CT molecular complexity index is 369. The number of nitrogens with two attached hydrogens (primary N) is 1. The molecule has 0 bridgehead atoms. The van der Waals surface area contributed by atoms with Gasteiger partial charge in [0.15, 0.2) is 5.78 Å². The zero-order chi connectivity index (χ0) is 10.7. The number of ketones is 1. The number of allylic oxidation sites excluding steroid dienone is 1. The van der Waals surface area contributed by atoms with Gasteiger partial charge in [0, 0.05) is 17.5 Å². The summed E-state index contributed by atoms with van der Waals surface area (Å²) in [7, 11) is 0. The molecule has 15 heavy (non-hydrogen) atoms. The van der Waals surface area contributed by atoms with Crippen LogP contribution in [-0.2, 0) is 0 Å². The molecule has 2 atom stereocenters. The van der Waals surface area contributed by atoms with Crippen molar-refractivity contribution in [3.63, 3.8) is 0 Å². The van der Waals surface area contributed by atoms with Crippen LogP contribution in [0.3, 0.4) is 0 Å². The zero-order valence-electron chi connectivity index (χ0n) is 8.60. The molecule has 0 aliphatic heterocycles. The van der Waals surface area contributed by atoms with Gasteiger partial charge in [-0.15, -0.1) is 0 Å². The Kier molecular flexibility index (Phi) is 2.97. The molecule has 2 unspecified atom stereocenters. The van der Waals surface area contributed by atoms with E-state index in [2.05, 4.69) is 0 Å². The molecule has 1 aromatic carbocycles. The lowest BCUT2D eigenvalue weighted by Gasteiger charge is -2.19. The number of hydrogen-bond acceptors (Lipinski definition) is 2. The van der Waals surface area contributed by atoms with Gasteiger partial charge in [-0.3, -0.25) is 4.79 Å². The summed E-state index contributed by atoms with van der Waals surface area (Å²) in [5.41, 5.74) is 6.53. The number of rotatable bonds is 2. The first-order valence-corrected chi connectivity index (χ1v) is 5.30. The zero-order valence-corrected chi connectivity index (χ0v) is 8.60. The van der Waals surface area contributed by atoms with Crippen LogP contribution in [0.4, 0.5) is 0 Å². The smallest absolute Gasteiger partial charge is 0.169 e. The Morgan fingerprint density at radius 3 is 2.47 bits per heavy atom. The van der Waals surface area contributed by atoms with Crippen molar-refractivity contribution in [3.05, 3.63) is 48.0 Å². The Morgan fingerprint density at radius 2 is 1.87 bits per heavy atom. The van der Waals surface area contributed by atoms with E-state index >= 15 is 0 Å². The van der Waals surface area contributed by atoms with Gasteiger partial charge in [-0.2, -0.15) is 0 Å². The Hall–Kier alpha value is -1.41. The molecular formula is C13H15NO. The van der Waals surface area contributed by atoms with Crippen LogP contribution in [0.25, 0.3) is 0 Å². The minimum absolute atomic E-state index is 0.0206. The fourth-order valence-corrected chi connectivity index (χ4v) is 1.88. The summed E-state index contributed by atoms with van der Waals surface area (Å²) in [4.78, 5) is 12.0. The lowest BCUT2D eigenvalue weighted by Crippen LogP contribution is -2.25. The molecule has 0 saturated carbocycles. The third-order valence-electron chi connectivity index (χ3n) is 2.80. The van der Waals surface area contributed by atoms with Crippen LogP contribution in [0, 0.1) is 5.92 Å². The van der Waals surface area contributed by atoms with E-state index in [1.807, 2.05) is 42.5 Å². The third-order valence-corrected chi connectivity index (χ3v) is 2.80. The number of hydrogen-bond donors (Lipinski definition) is 1. The highest BCUT2D eigenvalue weighted by atomic mass is 16.1. The summed E-state index contributed by atoms with van der Waals surface area (Å²) in [5.74, 6) is 0.228. The predicted octanol–water partition coefficient (Wildman–Crippen LogP) is 2.16. The van der Waals surface area contributed by atoms with Gasteiger partial charge in [0.2, 0.25) is 0 Å². The minimum Gasteiger partial charge on any atom is -0.324 e. The van der Waals surface area contributed by atoms with Crippen molar-refractivity contribution in [1.29, 1.82) is 0 Å². The second-order valence-corrected chi connectivity index (χ2v) is 3.96. The number of carbonyl (C=O) groups excluding carboxylic acids is 1. The average molecular weight is 201 g/mol. The Labute approximate surface area is 89.8 Å². The van der Waals surface area contributed by atoms with Gasteiger partial charge in [-0.05, 0) is 12.8 Å². The van der Waals surface area contributed by atoms with E-state index in [1.54, 1.807) is 0 Å². The summed E-state index contributed by atoms with van der Waals surface area (Å²) >= 11 is 0. The summed E-state index contributed by atoms with van der Waals surface area (Å²) in [6.45, 7) is 0. The molecule has 0 spiro atoms. The Balaban J connectivity index is 2.13. The molecule has 0 fully saturated rings. The van der Waals surface area contributed by atoms with Crippen molar-refractivity contribution in [2.24, 2.45) is 11.7 Å². The van der Waals surface area contributed by atoms with Crippen LogP contribution in [-0.4, -0.2) is 11.8 Å². The molecular weight excluding hydrogens is 186 g/mol.